The van der Waals surface area contributed by atoms with E-state index in [2.05, 4.69) is 21.9 Å². The van der Waals surface area contributed by atoms with Crippen molar-refractivity contribution in [1.29, 1.82) is 0 Å². The molecule has 0 aromatic carbocycles. The molecule has 0 spiro atoms. The van der Waals surface area contributed by atoms with Crippen LogP contribution in [0, 0.1) is 5.92 Å². The molecule has 0 N–H and O–H groups in total. The second kappa shape index (κ2) is 4.00. The van der Waals surface area contributed by atoms with E-state index in [1.54, 1.807) is 7.05 Å². The lowest BCUT2D eigenvalue weighted by Crippen LogP contribution is -2.33. The number of hydrogen-bond acceptors (Lipinski definition) is 4. The summed E-state index contributed by atoms with van der Waals surface area (Å²) in [5, 5.41) is 4.23. The quantitative estimate of drug-likeness (QED) is 0.676. The van der Waals surface area contributed by atoms with Gasteiger partial charge < -0.3 is 4.90 Å². The third kappa shape index (κ3) is 2.00. The highest BCUT2D eigenvalue weighted by atomic mass is 16.1. The molecule has 15 heavy (non-hydrogen) atoms. The van der Waals surface area contributed by atoms with E-state index in [9.17, 15) is 4.79 Å². The van der Waals surface area contributed by atoms with Gasteiger partial charge in [0.25, 0.3) is 0 Å². The maximum Gasteiger partial charge on any atom is 0.245 e. The smallest absolute Gasteiger partial charge is 0.245 e. The molecule has 0 atom stereocenters. The fourth-order valence-corrected chi connectivity index (χ4v) is 1.83. The number of hydrogen-bond donors (Lipinski definition) is 0. The summed E-state index contributed by atoms with van der Waals surface area (Å²) in [6, 6.07) is 0. The first kappa shape index (κ1) is 10.1. The van der Waals surface area contributed by atoms with Gasteiger partial charge in [0.05, 0.1) is 0 Å². The van der Waals surface area contributed by atoms with Crippen molar-refractivity contribution in [1.82, 2.24) is 14.8 Å². The minimum Gasteiger partial charge on any atom is -0.340 e. The number of carbonyl (C=O) groups excluding carboxylic acids is 1. The number of aryl methyl sites for hydroxylation is 1. The maximum absolute atomic E-state index is 10.6. The molecule has 1 aromatic rings. The van der Waals surface area contributed by atoms with Crippen LogP contribution in [-0.2, 0) is 7.05 Å². The Labute approximate surface area is 89.1 Å². The first-order chi connectivity index (χ1) is 7.20. The van der Waals surface area contributed by atoms with Crippen LogP contribution >= 0.6 is 0 Å². The number of nitrogens with zero attached hydrogens (tertiary/aromatic N) is 4. The average Bonchev–Trinajstić information content (AvgIpc) is 2.61. The summed E-state index contributed by atoms with van der Waals surface area (Å²) in [6.07, 6.45) is 3.09. The zero-order chi connectivity index (χ0) is 10.8. The lowest BCUT2D eigenvalue weighted by molar-refractivity contribution is 0.111. The van der Waals surface area contributed by atoms with Crippen molar-refractivity contribution in [2.75, 3.05) is 18.0 Å². The lowest BCUT2D eigenvalue weighted by Gasteiger charge is -2.29. The van der Waals surface area contributed by atoms with Gasteiger partial charge >= 0.3 is 0 Å². The highest BCUT2D eigenvalue weighted by Crippen LogP contribution is 2.19. The summed E-state index contributed by atoms with van der Waals surface area (Å²) < 4.78 is 1.53. The Bertz CT molecular complexity index is 352. The summed E-state index contributed by atoms with van der Waals surface area (Å²) in [4.78, 5) is 17.0. The number of rotatable bonds is 2. The van der Waals surface area contributed by atoms with E-state index >= 15 is 0 Å². The molecule has 1 aliphatic rings. The molecule has 0 bridgehead atoms. The average molecular weight is 208 g/mol. The van der Waals surface area contributed by atoms with Gasteiger partial charge in [-0.15, -0.1) is 5.10 Å². The molecular formula is C10H16N4O. The lowest BCUT2D eigenvalue weighted by atomic mass is 10.00. The summed E-state index contributed by atoms with van der Waals surface area (Å²) >= 11 is 0. The summed E-state index contributed by atoms with van der Waals surface area (Å²) in [5.74, 6) is 1.87. The number of aromatic nitrogens is 3. The van der Waals surface area contributed by atoms with Crippen LogP contribution in [-0.4, -0.2) is 34.1 Å². The third-order valence-corrected chi connectivity index (χ3v) is 2.96. The molecule has 82 valence electrons. The molecule has 0 aliphatic carbocycles. The van der Waals surface area contributed by atoms with Crippen LogP contribution < -0.4 is 4.90 Å². The van der Waals surface area contributed by atoms with Crippen LogP contribution in [0.15, 0.2) is 0 Å². The van der Waals surface area contributed by atoms with Crippen molar-refractivity contribution in [2.45, 2.75) is 19.8 Å². The predicted octanol–water partition coefficient (Wildman–Crippen LogP) is 0.864. The Morgan fingerprint density at radius 3 is 2.60 bits per heavy atom. The van der Waals surface area contributed by atoms with E-state index in [1.807, 2.05) is 0 Å². The Morgan fingerprint density at radius 1 is 1.40 bits per heavy atom. The van der Waals surface area contributed by atoms with Crippen molar-refractivity contribution < 1.29 is 4.79 Å². The van der Waals surface area contributed by atoms with Gasteiger partial charge in [-0.1, -0.05) is 6.92 Å². The van der Waals surface area contributed by atoms with Crippen LogP contribution in [0.2, 0.25) is 0 Å². The van der Waals surface area contributed by atoms with Crippen LogP contribution in [0.1, 0.15) is 30.4 Å². The highest BCUT2D eigenvalue weighted by molar-refractivity contribution is 5.69. The molecule has 1 fully saturated rings. The number of anilines is 1. The van der Waals surface area contributed by atoms with E-state index < -0.39 is 0 Å². The Morgan fingerprint density at radius 2 is 2.07 bits per heavy atom. The van der Waals surface area contributed by atoms with Crippen molar-refractivity contribution in [3.8, 4) is 0 Å². The van der Waals surface area contributed by atoms with E-state index in [4.69, 9.17) is 0 Å². The fourth-order valence-electron chi connectivity index (χ4n) is 1.83. The van der Waals surface area contributed by atoms with Gasteiger partial charge in [-0.05, 0) is 18.8 Å². The summed E-state index contributed by atoms with van der Waals surface area (Å²) in [6.45, 7) is 4.24. The van der Waals surface area contributed by atoms with Gasteiger partial charge in [-0.2, -0.15) is 4.98 Å². The minimum absolute atomic E-state index is 0.392. The number of piperidine rings is 1. The van der Waals surface area contributed by atoms with Crippen LogP contribution in [0.25, 0.3) is 0 Å². The molecule has 5 heteroatoms. The van der Waals surface area contributed by atoms with Gasteiger partial charge in [0, 0.05) is 20.1 Å². The van der Waals surface area contributed by atoms with Gasteiger partial charge in [-0.3, -0.25) is 4.79 Å². The SMILES string of the molecule is CC1CCN(c2nc(C=O)n(C)n2)CC1. The molecule has 0 unspecified atom stereocenters. The molecule has 2 heterocycles. The first-order valence-corrected chi connectivity index (χ1v) is 5.32. The molecular weight excluding hydrogens is 192 g/mol. The largest absolute Gasteiger partial charge is 0.340 e. The van der Waals surface area contributed by atoms with Crippen LogP contribution in [0.3, 0.4) is 0 Å². The number of aldehydes is 1. The molecule has 1 aromatic heterocycles. The summed E-state index contributed by atoms with van der Waals surface area (Å²) in [7, 11) is 1.74. The third-order valence-electron chi connectivity index (χ3n) is 2.96. The standard InChI is InChI=1S/C10H16N4O/c1-8-3-5-14(6-4-8)10-11-9(7-15)13(2)12-10/h7-8H,3-6H2,1-2H3. The zero-order valence-corrected chi connectivity index (χ0v) is 9.18. The van der Waals surface area contributed by atoms with E-state index in [-0.39, 0.29) is 0 Å². The topological polar surface area (TPSA) is 51.0 Å². The van der Waals surface area contributed by atoms with Crippen molar-refractivity contribution in [3.63, 3.8) is 0 Å². The molecule has 2 rings (SSSR count). The highest BCUT2D eigenvalue weighted by Gasteiger charge is 2.19. The van der Waals surface area contributed by atoms with Gasteiger partial charge in [0.2, 0.25) is 5.95 Å². The normalized spacial score (nSPS) is 18.1. The van der Waals surface area contributed by atoms with E-state index in [0.29, 0.717) is 11.8 Å². The monoisotopic (exact) mass is 208 g/mol. The van der Waals surface area contributed by atoms with Gasteiger partial charge in [-0.25, -0.2) is 4.68 Å². The zero-order valence-electron chi connectivity index (χ0n) is 9.18. The van der Waals surface area contributed by atoms with Gasteiger partial charge in [0.1, 0.15) is 0 Å². The number of carbonyl (C=O) groups is 1. The van der Waals surface area contributed by atoms with Crippen molar-refractivity contribution >= 4 is 12.2 Å². The maximum atomic E-state index is 10.6. The summed E-state index contributed by atoms with van der Waals surface area (Å²) in [5.41, 5.74) is 0. The second-order valence-electron chi connectivity index (χ2n) is 4.18. The van der Waals surface area contributed by atoms with E-state index in [1.165, 1.54) is 17.5 Å². The minimum atomic E-state index is 0.392. The first-order valence-electron chi connectivity index (χ1n) is 5.32. The van der Waals surface area contributed by atoms with E-state index in [0.717, 1.165) is 25.3 Å². The van der Waals surface area contributed by atoms with Crippen LogP contribution in [0.5, 0.6) is 0 Å². The molecule has 5 nitrogen and oxygen atoms in total. The Balaban J connectivity index is 2.12. The van der Waals surface area contributed by atoms with Crippen molar-refractivity contribution in [3.05, 3.63) is 5.82 Å². The molecule has 1 aliphatic heterocycles. The van der Waals surface area contributed by atoms with Gasteiger partial charge in [0.15, 0.2) is 12.1 Å². The molecule has 0 amide bonds. The molecule has 1 saturated heterocycles. The van der Waals surface area contributed by atoms with Crippen LogP contribution in [0.4, 0.5) is 5.95 Å². The van der Waals surface area contributed by atoms with Crippen molar-refractivity contribution in [2.24, 2.45) is 13.0 Å². The fraction of sp³-hybridized carbons (Fsp3) is 0.700. The molecule has 0 saturated carbocycles. The predicted molar refractivity (Wildman–Crippen MR) is 57.0 cm³/mol. The molecule has 0 radical (unpaired) electrons. The Hall–Kier alpha value is -1.39. The second-order valence-corrected chi connectivity index (χ2v) is 4.18. The Kier molecular flexibility index (Phi) is 2.70.